The molecule has 0 bridgehead atoms. The van der Waals surface area contributed by atoms with Gasteiger partial charge < -0.3 is 5.73 Å². The van der Waals surface area contributed by atoms with E-state index in [2.05, 4.69) is 4.90 Å². The van der Waals surface area contributed by atoms with E-state index in [0.717, 1.165) is 12.0 Å². The zero-order valence-corrected chi connectivity index (χ0v) is 8.91. The van der Waals surface area contributed by atoms with E-state index in [0.29, 0.717) is 4.99 Å². The first-order valence-corrected chi connectivity index (χ1v) is 5.62. The second-order valence-electron chi connectivity index (χ2n) is 4.60. The number of nitrogens with two attached hydrogens (primary N) is 1. The Hall–Kier alpha value is -0.150. The Kier molecular flexibility index (Phi) is 2.56. The van der Waals surface area contributed by atoms with Crippen LogP contribution in [0.15, 0.2) is 0 Å². The Morgan fingerprint density at radius 3 is 2.23 bits per heavy atom. The fourth-order valence-corrected chi connectivity index (χ4v) is 2.77. The summed E-state index contributed by atoms with van der Waals surface area (Å²) in [4.78, 5) is 3.04. The maximum absolute atomic E-state index is 5.53. The van der Waals surface area contributed by atoms with Crippen LogP contribution in [0.3, 0.4) is 0 Å². The van der Waals surface area contributed by atoms with Gasteiger partial charge in [0.25, 0.3) is 0 Å². The lowest BCUT2D eigenvalue weighted by Crippen LogP contribution is -2.45. The smallest absolute Gasteiger partial charge is 0.0870 e. The third-order valence-corrected chi connectivity index (χ3v) is 3.84. The van der Waals surface area contributed by atoms with E-state index in [4.69, 9.17) is 18.0 Å². The molecule has 1 saturated heterocycles. The second kappa shape index (κ2) is 3.54. The summed E-state index contributed by atoms with van der Waals surface area (Å²) in [5.74, 6) is 0. The molecule has 0 radical (unpaired) electrons. The Morgan fingerprint density at radius 2 is 1.85 bits per heavy atom. The van der Waals surface area contributed by atoms with Crippen LogP contribution in [0.2, 0.25) is 0 Å². The topological polar surface area (TPSA) is 29.3 Å². The van der Waals surface area contributed by atoms with Crippen molar-refractivity contribution in [2.24, 2.45) is 11.1 Å². The molecule has 74 valence electrons. The van der Waals surface area contributed by atoms with Crippen molar-refractivity contribution in [3.8, 4) is 0 Å². The van der Waals surface area contributed by atoms with Crippen molar-refractivity contribution in [1.82, 2.24) is 4.90 Å². The summed E-state index contributed by atoms with van der Waals surface area (Å²) in [6, 6.07) is 0. The van der Waals surface area contributed by atoms with Gasteiger partial charge in [-0.3, -0.25) is 4.90 Å². The summed E-state index contributed by atoms with van der Waals surface area (Å²) in [6.45, 7) is 3.24. The average Bonchev–Trinajstić information content (AvgIpc) is 2.02. The minimum Gasteiger partial charge on any atom is -0.392 e. The van der Waals surface area contributed by atoms with E-state index < -0.39 is 0 Å². The molecule has 2 nitrogen and oxygen atoms in total. The van der Waals surface area contributed by atoms with Crippen LogP contribution < -0.4 is 5.73 Å². The Labute approximate surface area is 85.5 Å². The lowest BCUT2D eigenvalue weighted by atomic mass is 9.63. The normalized spacial score (nSPS) is 27.1. The average molecular weight is 198 g/mol. The molecule has 2 rings (SSSR count). The van der Waals surface area contributed by atoms with E-state index in [1.165, 1.54) is 45.2 Å². The summed E-state index contributed by atoms with van der Waals surface area (Å²) in [7, 11) is 0. The molecule has 2 aliphatic rings. The van der Waals surface area contributed by atoms with Crippen molar-refractivity contribution < 1.29 is 0 Å². The van der Waals surface area contributed by atoms with Gasteiger partial charge in [0.05, 0.1) is 4.99 Å². The van der Waals surface area contributed by atoms with Crippen molar-refractivity contribution in [1.29, 1.82) is 0 Å². The van der Waals surface area contributed by atoms with E-state index in [1.54, 1.807) is 0 Å². The van der Waals surface area contributed by atoms with Gasteiger partial charge in [-0.2, -0.15) is 0 Å². The highest BCUT2D eigenvalue weighted by molar-refractivity contribution is 7.80. The SMILES string of the molecule is NC(=S)CN1CCC2(CCC2)CC1. The highest BCUT2D eigenvalue weighted by Gasteiger charge is 2.39. The van der Waals surface area contributed by atoms with Crippen LogP contribution >= 0.6 is 12.2 Å². The Morgan fingerprint density at radius 1 is 1.23 bits per heavy atom. The summed E-state index contributed by atoms with van der Waals surface area (Å²) in [5, 5.41) is 0. The zero-order chi connectivity index (χ0) is 9.31. The number of rotatable bonds is 2. The van der Waals surface area contributed by atoms with Crippen LogP contribution in [0.5, 0.6) is 0 Å². The third kappa shape index (κ3) is 2.02. The molecule has 0 amide bonds. The third-order valence-electron chi connectivity index (χ3n) is 3.71. The van der Waals surface area contributed by atoms with Gasteiger partial charge in [-0.1, -0.05) is 18.6 Å². The van der Waals surface area contributed by atoms with Crippen molar-refractivity contribution in [3.63, 3.8) is 0 Å². The summed E-state index contributed by atoms with van der Waals surface area (Å²) < 4.78 is 0. The number of hydrogen-bond donors (Lipinski definition) is 1. The van der Waals surface area contributed by atoms with Gasteiger partial charge in [-0.25, -0.2) is 0 Å². The van der Waals surface area contributed by atoms with E-state index >= 15 is 0 Å². The first-order chi connectivity index (χ1) is 6.20. The van der Waals surface area contributed by atoms with Crippen molar-refractivity contribution in [2.45, 2.75) is 32.1 Å². The molecule has 1 aliphatic carbocycles. The number of nitrogens with zero attached hydrogens (tertiary/aromatic N) is 1. The lowest BCUT2D eigenvalue weighted by molar-refractivity contribution is 0.0395. The molecule has 0 unspecified atom stereocenters. The summed E-state index contributed by atoms with van der Waals surface area (Å²) >= 11 is 4.91. The quantitative estimate of drug-likeness (QED) is 0.682. The van der Waals surface area contributed by atoms with Crippen molar-refractivity contribution in [3.05, 3.63) is 0 Å². The molecule has 2 fully saturated rings. The van der Waals surface area contributed by atoms with Gasteiger partial charge in [0.2, 0.25) is 0 Å². The first-order valence-electron chi connectivity index (χ1n) is 5.21. The molecular weight excluding hydrogens is 180 g/mol. The van der Waals surface area contributed by atoms with E-state index in [-0.39, 0.29) is 0 Å². The minimum atomic E-state index is 0.643. The predicted molar refractivity (Wildman–Crippen MR) is 58.7 cm³/mol. The van der Waals surface area contributed by atoms with Crippen LogP contribution in [0.4, 0.5) is 0 Å². The molecule has 1 aliphatic heterocycles. The molecule has 0 aromatic rings. The fourth-order valence-electron chi connectivity index (χ4n) is 2.58. The summed E-state index contributed by atoms with van der Waals surface area (Å²) in [6.07, 6.45) is 7.13. The molecule has 3 heteroatoms. The number of hydrogen-bond acceptors (Lipinski definition) is 2. The Bertz CT molecular complexity index is 201. The first kappa shape index (κ1) is 9.41. The standard InChI is InChI=1S/C10H18N2S/c11-9(13)8-12-6-4-10(5-7-12)2-1-3-10/h1-8H2,(H2,11,13). The maximum atomic E-state index is 5.53. The molecule has 13 heavy (non-hydrogen) atoms. The minimum absolute atomic E-state index is 0.643. The van der Waals surface area contributed by atoms with Crippen LogP contribution in [-0.4, -0.2) is 29.5 Å². The van der Waals surface area contributed by atoms with Crippen molar-refractivity contribution >= 4 is 17.2 Å². The van der Waals surface area contributed by atoms with Gasteiger partial charge in [0.1, 0.15) is 0 Å². The fraction of sp³-hybridized carbons (Fsp3) is 0.900. The molecule has 1 saturated carbocycles. The zero-order valence-electron chi connectivity index (χ0n) is 8.09. The molecule has 0 aromatic carbocycles. The highest BCUT2D eigenvalue weighted by atomic mass is 32.1. The molecule has 0 aromatic heterocycles. The number of likely N-dealkylation sites (tertiary alicyclic amines) is 1. The van der Waals surface area contributed by atoms with Crippen molar-refractivity contribution in [2.75, 3.05) is 19.6 Å². The van der Waals surface area contributed by atoms with Gasteiger partial charge >= 0.3 is 0 Å². The van der Waals surface area contributed by atoms with Gasteiger partial charge in [0, 0.05) is 6.54 Å². The Balaban J connectivity index is 1.79. The van der Waals surface area contributed by atoms with Crippen LogP contribution in [-0.2, 0) is 0 Å². The van der Waals surface area contributed by atoms with Crippen LogP contribution in [0, 0.1) is 5.41 Å². The van der Waals surface area contributed by atoms with Gasteiger partial charge in [-0.05, 0) is 44.2 Å². The number of thiocarbonyl (C=S) groups is 1. The molecule has 0 atom stereocenters. The number of piperidine rings is 1. The second-order valence-corrected chi connectivity index (χ2v) is 5.12. The molecule has 2 N–H and O–H groups in total. The molecule has 1 heterocycles. The lowest BCUT2D eigenvalue weighted by Gasteiger charge is -2.48. The van der Waals surface area contributed by atoms with Crippen LogP contribution in [0.1, 0.15) is 32.1 Å². The predicted octanol–water partition coefficient (Wildman–Crippen LogP) is 1.54. The molecular formula is C10H18N2S. The maximum Gasteiger partial charge on any atom is 0.0870 e. The van der Waals surface area contributed by atoms with Crippen LogP contribution in [0.25, 0.3) is 0 Å². The largest absolute Gasteiger partial charge is 0.392 e. The van der Waals surface area contributed by atoms with Gasteiger partial charge in [0.15, 0.2) is 0 Å². The summed E-state index contributed by atoms with van der Waals surface area (Å²) in [5.41, 5.74) is 6.27. The van der Waals surface area contributed by atoms with Gasteiger partial charge in [-0.15, -0.1) is 0 Å². The molecule has 1 spiro atoms. The monoisotopic (exact) mass is 198 g/mol. The van der Waals surface area contributed by atoms with E-state index in [1.807, 2.05) is 0 Å². The van der Waals surface area contributed by atoms with E-state index in [9.17, 15) is 0 Å². The highest BCUT2D eigenvalue weighted by Crippen LogP contribution is 2.48.